The molecule has 0 aliphatic carbocycles. The first kappa shape index (κ1) is 10.8. The number of carbonyl (C=O) groups excluding carboxylic acids is 1. The molecular formula is C12H16O2. The SMILES string of the molecule is CCOc1ccc(CCC=O)c(C)c1. The number of carbonyl (C=O) groups is 1. The summed E-state index contributed by atoms with van der Waals surface area (Å²) in [5, 5.41) is 0. The van der Waals surface area contributed by atoms with Crippen molar-refractivity contribution in [3.63, 3.8) is 0 Å². The van der Waals surface area contributed by atoms with Crippen LogP contribution in [0, 0.1) is 6.92 Å². The lowest BCUT2D eigenvalue weighted by Crippen LogP contribution is -1.95. The summed E-state index contributed by atoms with van der Waals surface area (Å²) in [5.41, 5.74) is 2.42. The second-order valence-electron chi connectivity index (χ2n) is 3.23. The van der Waals surface area contributed by atoms with Gasteiger partial charge in [0.1, 0.15) is 12.0 Å². The number of hydrogen-bond acceptors (Lipinski definition) is 2. The Labute approximate surface area is 84.9 Å². The standard InChI is InChI=1S/C12H16O2/c1-3-14-12-7-6-11(5-4-8-13)10(2)9-12/h6-9H,3-5H2,1-2H3. The molecule has 2 heteroatoms. The van der Waals surface area contributed by atoms with E-state index in [0.717, 1.165) is 18.5 Å². The number of hydrogen-bond donors (Lipinski definition) is 0. The van der Waals surface area contributed by atoms with Crippen LogP contribution in [-0.4, -0.2) is 12.9 Å². The number of rotatable bonds is 5. The predicted octanol–water partition coefficient (Wildman–Crippen LogP) is 2.53. The first-order valence-corrected chi connectivity index (χ1v) is 4.94. The molecule has 14 heavy (non-hydrogen) atoms. The van der Waals surface area contributed by atoms with Gasteiger partial charge in [0.25, 0.3) is 0 Å². The van der Waals surface area contributed by atoms with Crippen LogP contribution in [-0.2, 0) is 11.2 Å². The normalized spacial score (nSPS) is 9.86. The van der Waals surface area contributed by atoms with Crippen molar-refractivity contribution < 1.29 is 9.53 Å². The third-order valence-electron chi connectivity index (χ3n) is 2.16. The fourth-order valence-electron chi connectivity index (χ4n) is 1.42. The van der Waals surface area contributed by atoms with E-state index in [1.165, 1.54) is 11.1 Å². The minimum absolute atomic E-state index is 0.592. The first-order chi connectivity index (χ1) is 6.77. The van der Waals surface area contributed by atoms with Gasteiger partial charge >= 0.3 is 0 Å². The van der Waals surface area contributed by atoms with Gasteiger partial charge in [-0.25, -0.2) is 0 Å². The van der Waals surface area contributed by atoms with Crippen LogP contribution >= 0.6 is 0 Å². The summed E-state index contributed by atoms with van der Waals surface area (Å²) >= 11 is 0. The third kappa shape index (κ3) is 2.87. The third-order valence-corrected chi connectivity index (χ3v) is 2.16. The van der Waals surface area contributed by atoms with Crippen molar-refractivity contribution in [3.05, 3.63) is 29.3 Å². The molecular weight excluding hydrogens is 176 g/mol. The Balaban J connectivity index is 2.73. The number of aryl methyl sites for hydroxylation is 2. The highest BCUT2D eigenvalue weighted by Gasteiger charge is 2.00. The molecule has 0 bridgehead atoms. The number of benzene rings is 1. The van der Waals surface area contributed by atoms with E-state index in [2.05, 4.69) is 0 Å². The summed E-state index contributed by atoms with van der Waals surface area (Å²) < 4.78 is 5.38. The van der Waals surface area contributed by atoms with Crippen LogP contribution < -0.4 is 4.74 Å². The van der Waals surface area contributed by atoms with Gasteiger partial charge in [0.15, 0.2) is 0 Å². The topological polar surface area (TPSA) is 26.3 Å². The Hall–Kier alpha value is -1.31. The van der Waals surface area contributed by atoms with Gasteiger partial charge in [-0.05, 0) is 43.5 Å². The van der Waals surface area contributed by atoms with E-state index in [9.17, 15) is 4.79 Å². The van der Waals surface area contributed by atoms with E-state index < -0.39 is 0 Å². The maximum absolute atomic E-state index is 10.2. The lowest BCUT2D eigenvalue weighted by Gasteiger charge is -2.07. The maximum atomic E-state index is 10.2. The minimum Gasteiger partial charge on any atom is -0.494 e. The molecule has 0 aliphatic heterocycles. The number of aldehydes is 1. The van der Waals surface area contributed by atoms with Crippen molar-refractivity contribution in [2.45, 2.75) is 26.7 Å². The second kappa shape index (κ2) is 5.43. The molecule has 0 unspecified atom stereocenters. The highest BCUT2D eigenvalue weighted by atomic mass is 16.5. The van der Waals surface area contributed by atoms with Crippen LogP contribution in [0.2, 0.25) is 0 Å². The smallest absolute Gasteiger partial charge is 0.120 e. The quantitative estimate of drug-likeness (QED) is 0.670. The van der Waals surface area contributed by atoms with Crippen LogP contribution in [0.4, 0.5) is 0 Å². The monoisotopic (exact) mass is 192 g/mol. The molecule has 0 aliphatic rings. The van der Waals surface area contributed by atoms with E-state index >= 15 is 0 Å². The Morgan fingerprint density at radius 1 is 1.43 bits per heavy atom. The Kier molecular flexibility index (Phi) is 4.17. The van der Waals surface area contributed by atoms with E-state index in [1.54, 1.807) is 0 Å². The zero-order chi connectivity index (χ0) is 10.4. The highest BCUT2D eigenvalue weighted by molar-refractivity contribution is 5.50. The maximum Gasteiger partial charge on any atom is 0.120 e. The summed E-state index contributed by atoms with van der Waals surface area (Å²) in [5.74, 6) is 0.903. The van der Waals surface area contributed by atoms with Gasteiger partial charge in [-0.2, -0.15) is 0 Å². The van der Waals surface area contributed by atoms with Gasteiger partial charge in [-0.1, -0.05) is 6.07 Å². The van der Waals surface area contributed by atoms with Crippen molar-refractivity contribution >= 4 is 6.29 Å². The van der Waals surface area contributed by atoms with Crippen molar-refractivity contribution in [2.75, 3.05) is 6.61 Å². The van der Waals surface area contributed by atoms with Crippen molar-refractivity contribution in [1.82, 2.24) is 0 Å². The summed E-state index contributed by atoms with van der Waals surface area (Å²) in [6.45, 7) is 4.70. The van der Waals surface area contributed by atoms with E-state index in [0.29, 0.717) is 13.0 Å². The van der Waals surface area contributed by atoms with Crippen LogP contribution in [0.5, 0.6) is 5.75 Å². The molecule has 0 fully saturated rings. The molecule has 1 rings (SSSR count). The molecule has 0 amide bonds. The second-order valence-corrected chi connectivity index (χ2v) is 3.23. The Morgan fingerprint density at radius 3 is 2.79 bits per heavy atom. The van der Waals surface area contributed by atoms with Gasteiger partial charge in [-0.15, -0.1) is 0 Å². The average Bonchev–Trinajstić information content (AvgIpc) is 2.17. The fourth-order valence-corrected chi connectivity index (χ4v) is 1.42. The first-order valence-electron chi connectivity index (χ1n) is 4.94. The lowest BCUT2D eigenvalue weighted by molar-refractivity contribution is -0.107. The van der Waals surface area contributed by atoms with Gasteiger partial charge in [-0.3, -0.25) is 0 Å². The molecule has 0 N–H and O–H groups in total. The zero-order valence-corrected chi connectivity index (χ0v) is 8.75. The molecule has 2 nitrogen and oxygen atoms in total. The van der Waals surface area contributed by atoms with Gasteiger partial charge in [0, 0.05) is 6.42 Å². The van der Waals surface area contributed by atoms with E-state index in [1.807, 2.05) is 32.0 Å². The molecule has 0 saturated heterocycles. The van der Waals surface area contributed by atoms with E-state index in [4.69, 9.17) is 4.74 Å². The molecule has 0 aromatic heterocycles. The molecule has 1 aromatic rings. The predicted molar refractivity (Wildman–Crippen MR) is 56.7 cm³/mol. The number of ether oxygens (including phenoxy) is 1. The average molecular weight is 192 g/mol. The summed E-state index contributed by atoms with van der Waals surface area (Å²) in [4.78, 5) is 10.2. The van der Waals surface area contributed by atoms with Crippen molar-refractivity contribution in [2.24, 2.45) is 0 Å². The molecule has 0 spiro atoms. The molecule has 0 heterocycles. The van der Waals surface area contributed by atoms with Crippen molar-refractivity contribution in [3.8, 4) is 5.75 Å². The molecule has 1 aromatic carbocycles. The molecule has 0 saturated carbocycles. The molecule has 0 atom stereocenters. The van der Waals surface area contributed by atoms with Crippen LogP contribution in [0.25, 0.3) is 0 Å². The van der Waals surface area contributed by atoms with Crippen LogP contribution in [0.15, 0.2) is 18.2 Å². The fraction of sp³-hybridized carbons (Fsp3) is 0.417. The Morgan fingerprint density at radius 2 is 2.21 bits per heavy atom. The largest absolute Gasteiger partial charge is 0.494 e. The highest BCUT2D eigenvalue weighted by Crippen LogP contribution is 2.18. The minimum atomic E-state index is 0.592. The van der Waals surface area contributed by atoms with Crippen LogP contribution in [0.3, 0.4) is 0 Å². The summed E-state index contributed by atoms with van der Waals surface area (Å²) in [6, 6.07) is 6.00. The zero-order valence-electron chi connectivity index (χ0n) is 8.75. The van der Waals surface area contributed by atoms with Crippen molar-refractivity contribution in [1.29, 1.82) is 0 Å². The summed E-state index contributed by atoms with van der Waals surface area (Å²) in [6.07, 6.45) is 2.37. The van der Waals surface area contributed by atoms with Gasteiger partial charge in [0.05, 0.1) is 6.61 Å². The van der Waals surface area contributed by atoms with E-state index in [-0.39, 0.29) is 0 Å². The molecule has 0 radical (unpaired) electrons. The van der Waals surface area contributed by atoms with Gasteiger partial charge < -0.3 is 9.53 Å². The van der Waals surface area contributed by atoms with Gasteiger partial charge in [0.2, 0.25) is 0 Å². The lowest BCUT2D eigenvalue weighted by atomic mass is 10.0. The Bertz CT molecular complexity index is 305. The van der Waals surface area contributed by atoms with Crippen LogP contribution in [0.1, 0.15) is 24.5 Å². The molecule has 76 valence electrons. The summed E-state index contributed by atoms with van der Waals surface area (Å²) in [7, 11) is 0.